The van der Waals surface area contributed by atoms with Crippen LogP contribution in [0.2, 0.25) is 0 Å². The minimum atomic E-state index is -0.457. The number of thiophene rings is 1. The highest BCUT2D eigenvalue weighted by Crippen LogP contribution is 2.37. The van der Waals surface area contributed by atoms with Gasteiger partial charge in [0.05, 0.1) is 5.56 Å². The fraction of sp³-hybridized carbons (Fsp3) is 0.625. The van der Waals surface area contributed by atoms with Crippen LogP contribution in [-0.2, 0) is 17.8 Å². The molecule has 114 valence electrons. The normalized spacial score (nSPS) is 15.7. The Labute approximate surface area is 130 Å². The van der Waals surface area contributed by atoms with Crippen molar-refractivity contribution in [3.05, 3.63) is 16.0 Å². The van der Waals surface area contributed by atoms with Crippen molar-refractivity contribution in [1.82, 2.24) is 4.90 Å². The number of nitrogens with zero attached hydrogens (tertiary/aromatic N) is 2. The molecule has 0 radical (unpaired) electrons. The summed E-state index contributed by atoms with van der Waals surface area (Å²) in [4.78, 5) is 15.8. The third kappa shape index (κ3) is 3.28. The molecule has 1 aliphatic heterocycles. The first kappa shape index (κ1) is 16.0. The lowest BCUT2D eigenvalue weighted by molar-refractivity contribution is -0.123. The van der Waals surface area contributed by atoms with Crippen LogP contribution < -0.4 is 5.32 Å². The zero-order valence-corrected chi connectivity index (χ0v) is 14.2. The Hall–Kier alpha value is -1.38. The summed E-state index contributed by atoms with van der Waals surface area (Å²) < 4.78 is 0. The van der Waals surface area contributed by atoms with Crippen LogP contribution in [0.25, 0.3) is 0 Å². The number of nitriles is 1. The maximum Gasteiger partial charge on any atom is 0.230 e. The van der Waals surface area contributed by atoms with E-state index in [1.165, 1.54) is 4.88 Å². The number of nitrogens with one attached hydrogen (secondary N) is 1. The van der Waals surface area contributed by atoms with Gasteiger partial charge in [-0.2, -0.15) is 5.26 Å². The first-order valence-corrected chi connectivity index (χ1v) is 8.15. The van der Waals surface area contributed by atoms with E-state index in [0.29, 0.717) is 16.6 Å². The van der Waals surface area contributed by atoms with Gasteiger partial charge in [-0.1, -0.05) is 20.8 Å². The van der Waals surface area contributed by atoms with Crippen molar-refractivity contribution >= 4 is 22.2 Å². The van der Waals surface area contributed by atoms with Crippen LogP contribution in [0.3, 0.4) is 0 Å². The Morgan fingerprint density at radius 1 is 1.43 bits per heavy atom. The monoisotopic (exact) mass is 305 g/mol. The molecule has 1 aromatic rings. The van der Waals surface area contributed by atoms with Gasteiger partial charge in [0.15, 0.2) is 0 Å². The Bertz CT molecular complexity index is 590. The van der Waals surface area contributed by atoms with E-state index in [1.807, 2.05) is 20.8 Å². The van der Waals surface area contributed by atoms with Gasteiger partial charge in [0.1, 0.15) is 11.1 Å². The second kappa shape index (κ2) is 5.78. The van der Waals surface area contributed by atoms with Crippen molar-refractivity contribution in [1.29, 1.82) is 5.26 Å². The van der Waals surface area contributed by atoms with Crippen LogP contribution in [0, 0.1) is 16.7 Å². The van der Waals surface area contributed by atoms with Crippen LogP contribution in [-0.4, -0.2) is 23.4 Å². The minimum absolute atomic E-state index is 0.0432. The highest BCUT2D eigenvalue weighted by molar-refractivity contribution is 7.16. The summed E-state index contributed by atoms with van der Waals surface area (Å²) in [6.45, 7) is 11.9. The van der Waals surface area contributed by atoms with E-state index < -0.39 is 5.41 Å². The number of carbonyl (C=O) groups is 1. The van der Waals surface area contributed by atoms with Crippen molar-refractivity contribution in [3.63, 3.8) is 0 Å². The van der Waals surface area contributed by atoms with Crippen LogP contribution in [0.15, 0.2) is 0 Å². The summed E-state index contributed by atoms with van der Waals surface area (Å²) in [6, 6.07) is 2.78. The SMILES string of the molecule is CC(C)N1CCc2c(sc(NC(=O)C(C)(C)C)c2C#N)C1. The van der Waals surface area contributed by atoms with E-state index in [2.05, 4.69) is 30.1 Å². The zero-order chi connectivity index (χ0) is 15.8. The van der Waals surface area contributed by atoms with E-state index in [-0.39, 0.29) is 5.91 Å². The Morgan fingerprint density at radius 3 is 2.62 bits per heavy atom. The lowest BCUT2D eigenvalue weighted by Gasteiger charge is -2.30. The molecule has 2 heterocycles. The highest BCUT2D eigenvalue weighted by Gasteiger charge is 2.28. The number of amides is 1. The Balaban J connectivity index is 2.30. The summed E-state index contributed by atoms with van der Waals surface area (Å²) in [6.07, 6.45) is 0.887. The van der Waals surface area contributed by atoms with Crippen LogP contribution in [0.5, 0.6) is 0 Å². The lowest BCUT2D eigenvalue weighted by Crippen LogP contribution is -2.35. The molecule has 0 saturated carbocycles. The second-order valence-corrected chi connectivity index (χ2v) is 7.94. The molecule has 4 nitrogen and oxygen atoms in total. The third-order valence-electron chi connectivity index (χ3n) is 3.84. The molecule has 1 aromatic heterocycles. The fourth-order valence-electron chi connectivity index (χ4n) is 2.36. The fourth-order valence-corrected chi connectivity index (χ4v) is 3.58. The number of hydrogen-bond donors (Lipinski definition) is 1. The van der Waals surface area contributed by atoms with Crippen LogP contribution in [0.4, 0.5) is 5.00 Å². The summed E-state index contributed by atoms with van der Waals surface area (Å²) in [5, 5.41) is 13.1. The molecular formula is C16H23N3OS. The molecule has 0 aliphatic carbocycles. The Morgan fingerprint density at radius 2 is 2.10 bits per heavy atom. The average molecular weight is 305 g/mol. The maximum absolute atomic E-state index is 12.2. The van der Waals surface area contributed by atoms with Crippen LogP contribution >= 0.6 is 11.3 Å². The largest absolute Gasteiger partial charge is 0.316 e. The summed E-state index contributed by atoms with van der Waals surface area (Å²) in [7, 11) is 0. The van der Waals surface area contributed by atoms with Gasteiger partial charge in [0.25, 0.3) is 0 Å². The van der Waals surface area contributed by atoms with Crippen molar-refractivity contribution in [2.75, 3.05) is 11.9 Å². The zero-order valence-electron chi connectivity index (χ0n) is 13.4. The minimum Gasteiger partial charge on any atom is -0.316 e. The topological polar surface area (TPSA) is 56.1 Å². The van der Waals surface area contributed by atoms with Crippen LogP contribution in [0.1, 0.15) is 50.6 Å². The van der Waals surface area contributed by atoms with E-state index in [1.54, 1.807) is 11.3 Å². The maximum atomic E-state index is 12.2. The van der Waals surface area contributed by atoms with Gasteiger partial charge in [-0.3, -0.25) is 9.69 Å². The molecule has 0 spiro atoms. The van der Waals surface area contributed by atoms with E-state index in [0.717, 1.165) is 25.1 Å². The number of fused-ring (bicyclic) bond motifs is 1. The van der Waals surface area contributed by atoms with Gasteiger partial charge in [0.2, 0.25) is 5.91 Å². The number of hydrogen-bond acceptors (Lipinski definition) is 4. The van der Waals surface area contributed by atoms with Gasteiger partial charge in [-0.15, -0.1) is 11.3 Å². The number of anilines is 1. The highest BCUT2D eigenvalue weighted by atomic mass is 32.1. The van der Waals surface area contributed by atoms with E-state index in [9.17, 15) is 10.1 Å². The van der Waals surface area contributed by atoms with Gasteiger partial charge in [0, 0.05) is 29.4 Å². The predicted octanol–water partition coefficient (Wildman–Crippen LogP) is 3.37. The van der Waals surface area contributed by atoms with E-state index in [4.69, 9.17) is 0 Å². The first-order chi connectivity index (χ1) is 9.74. The molecule has 5 heteroatoms. The lowest BCUT2D eigenvalue weighted by atomic mass is 9.95. The number of carbonyl (C=O) groups excluding carboxylic acids is 1. The van der Waals surface area contributed by atoms with Crippen molar-refractivity contribution in [2.45, 2.75) is 53.6 Å². The molecule has 1 N–H and O–H groups in total. The van der Waals surface area contributed by atoms with Gasteiger partial charge >= 0.3 is 0 Å². The Kier molecular flexibility index (Phi) is 4.40. The molecule has 0 fully saturated rings. The molecule has 0 aromatic carbocycles. The second-order valence-electron chi connectivity index (χ2n) is 6.84. The average Bonchev–Trinajstić information content (AvgIpc) is 2.73. The van der Waals surface area contributed by atoms with E-state index >= 15 is 0 Å². The molecule has 0 bridgehead atoms. The summed E-state index contributed by atoms with van der Waals surface area (Å²) in [5.74, 6) is -0.0432. The summed E-state index contributed by atoms with van der Waals surface area (Å²) in [5.41, 5.74) is 1.33. The third-order valence-corrected chi connectivity index (χ3v) is 4.97. The quantitative estimate of drug-likeness (QED) is 0.911. The first-order valence-electron chi connectivity index (χ1n) is 7.34. The van der Waals surface area contributed by atoms with Gasteiger partial charge < -0.3 is 5.32 Å². The van der Waals surface area contributed by atoms with Crippen molar-refractivity contribution in [2.24, 2.45) is 5.41 Å². The standard InChI is InChI=1S/C16H23N3OS/c1-10(2)19-7-6-11-12(8-17)14(21-13(11)9-19)18-15(20)16(3,4)5/h10H,6-7,9H2,1-5H3,(H,18,20). The molecule has 0 atom stereocenters. The summed E-state index contributed by atoms with van der Waals surface area (Å²) >= 11 is 1.56. The molecular weight excluding hydrogens is 282 g/mol. The van der Waals surface area contributed by atoms with Crippen molar-refractivity contribution < 1.29 is 4.79 Å². The smallest absolute Gasteiger partial charge is 0.230 e. The molecule has 21 heavy (non-hydrogen) atoms. The molecule has 0 saturated heterocycles. The predicted molar refractivity (Wildman–Crippen MR) is 86.4 cm³/mol. The molecule has 1 aliphatic rings. The van der Waals surface area contributed by atoms with Crippen molar-refractivity contribution in [3.8, 4) is 6.07 Å². The van der Waals surface area contributed by atoms with Gasteiger partial charge in [-0.25, -0.2) is 0 Å². The molecule has 1 amide bonds. The molecule has 0 unspecified atom stereocenters. The number of rotatable bonds is 2. The molecule has 2 rings (SSSR count). The van der Waals surface area contributed by atoms with Gasteiger partial charge in [-0.05, 0) is 25.8 Å².